The molecule has 0 saturated carbocycles. The lowest BCUT2D eigenvalue weighted by atomic mass is 10.0. The molecule has 0 spiro atoms. The van der Waals surface area contributed by atoms with Gasteiger partial charge in [0.15, 0.2) is 11.9 Å². The molecule has 0 aliphatic carbocycles. The van der Waals surface area contributed by atoms with Gasteiger partial charge in [-0.05, 0) is 30.7 Å². The Bertz CT molecular complexity index is 1200. The predicted octanol–water partition coefficient (Wildman–Crippen LogP) is 6.66. The van der Waals surface area contributed by atoms with Crippen molar-refractivity contribution in [3.8, 4) is 11.6 Å². The summed E-state index contributed by atoms with van der Waals surface area (Å²) >= 11 is 5.96. The van der Waals surface area contributed by atoms with Crippen molar-refractivity contribution in [2.24, 2.45) is 5.73 Å². The maximum Gasteiger partial charge on any atom is 0.530 e. The summed E-state index contributed by atoms with van der Waals surface area (Å²) in [5.41, 5.74) is 4.77. The Morgan fingerprint density at radius 1 is 0.933 bits per heavy atom. The SMILES string of the molecule is CCCCCCCCCCCCCCCCOP(=O)(OC[C@H]1O[C@@H](n2cnc(C(N)=O)c2O)[C@H](O)[C@@H]1O)Oc1ccc(Cl)cc1. The molecule has 5 atom stereocenters. The number of amides is 1. The van der Waals surface area contributed by atoms with Crippen LogP contribution in [0.15, 0.2) is 30.6 Å². The molecule has 254 valence electrons. The number of aliphatic hydroxyl groups is 2. The van der Waals surface area contributed by atoms with Crippen molar-refractivity contribution in [2.75, 3.05) is 13.2 Å². The minimum absolute atomic E-state index is 0.126. The van der Waals surface area contributed by atoms with Crippen LogP contribution in [0.1, 0.15) is 114 Å². The molecule has 1 aliphatic heterocycles. The number of halogens is 1. The first kappa shape index (κ1) is 37.3. The highest BCUT2D eigenvalue weighted by molar-refractivity contribution is 7.48. The molecule has 0 radical (unpaired) electrons. The minimum atomic E-state index is -4.20. The molecule has 3 rings (SSSR count). The lowest BCUT2D eigenvalue weighted by Crippen LogP contribution is -2.33. The second kappa shape index (κ2) is 19.5. The number of nitrogens with two attached hydrogens (primary N) is 1. The van der Waals surface area contributed by atoms with Gasteiger partial charge < -0.3 is 30.3 Å². The molecule has 12 nitrogen and oxygen atoms in total. The van der Waals surface area contributed by atoms with E-state index >= 15 is 0 Å². The van der Waals surface area contributed by atoms with Crippen LogP contribution >= 0.6 is 19.4 Å². The normalized spacial score (nSPS) is 21.2. The number of rotatable bonds is 23. The fourth-order valence-corrected chi connectivity index (χ4v) is 6.53. The van der Waals surface area contributed by atoms with Crippen LogP contribution in [0.4, 0.5) is 0 Å². The largest absolute Gasteiger partial charge is 0.530 e. The summed E-state index contributed by atoms with van der Waals surface area (Å²) in [5, 5.41) is 31.8. The summed E-state index contributed by atoms with van der Waals surface area (Å²) in [6, 6.07) is 6.18. The van der Waals surface area contributed by atoms with Crippen LogP contribution in [0.25, 0.3) is 0 Å². The summed E-state index contributed by atoms with van der Waals surface area (Å²) in [5.74, 6) is -1.40. The number of benzene rings is 1. The standard InChI is InChI=1S/C31H49ClN3O9P/c1-2-3-4-5-6-7-8-9-10-11-12-13-14-15-20-41-45(40,44-24-18-16-23(32)17-19-24)42-21-25-27(36)28(37)31(43-25)35-22-34-26(29(33)38)30(35)39/h16-19,22,25,27-28,31,36-37,39H,2-15,20-21H2,1H3,(H2,33,38)/t25-,27-,28-,31-,45?/m1/s1. The zero-order valence-electron chi connectivity index (χ0n) is 26.1. The van der Waals surface area contributed by atoms with Gasteiger partial charge in [0.1, 0.15) is 30.4 Å². The molecule has 2 heterocycles. The second-order valence-corrected chi connectivity index (χ2v) is 13.5. The molecule has 1 saturated heterocycles. The Kier molecular flexibility index (Phi) is 16.1. The van der Waals surface area contributed by atoms with Gasteiger partial charge >= 0.3 is 7.82 Å². The van der Waals surface area contributed by atoms with Crippen LogP contribution in [0.2, 0.25) is 5.02 Å². The Morgan fingerprint density at radius 3 is 2.02 bits per heavy atom. The second-order valence-electron chi connectivity index (χ2n) is 11.5. The average molecular weight is 674 g/mol. The Hall–Kier alpha value is -2.18. The van der Waals surface area contributed by atoms with Crippen molar-refractivity contribution in [1.29, 1.82) is 0 Å². The Labute approximate surface area is 270 Å². The number of aromatic hydroxyl groups is 1. The number of carbonyl (C=O) groups is 1. The monoisotopic (exact) mass is 673 g/mol. The number of primary amides is 1. The number of carbonyl (C=O) groups excluding carboxylic acids is 1. The van der Waals surface area contributed by atoms with E-state index in [0.717, 1.165) is 30.2 Å². The first-order valence-corrected chi connectivity index (χ1v) is 17.9. The molecule has 14 heteroatoms. The van der Waals surface area contributed by atoms with Crippen LogP contribution in [-0.4, -0.2) is 62.3 Å². The smallest absolute Gasteiger partial charge is 0.493 e. The van der Waals surface area contributed by atoms with Gasteiger partial charge in [-0.2, -0.15) is 0 Å². The van der Waals surface area contributed by atoms with Gasteiger partial charge in [-0.15, -0.1) is 0 Å². The highest BCUT2D eigenvalue weighted by Gasteiger charge is 2.46. The number of hydrogen-bond donors (Lipinski definition) is 4. The number of unbranched alkanes of at least 4 members (excludes halogenated alkanes) is 13. The summed E-state index contributed by atoms with van der Waals surface area (Å²) in [7, 11) is -4.20. The lowest BCUT2D eigenvalue weighted by Gasteiger charge is -2.21. The van der Waals surface area contributed by atoms with Crippen molar-refractivity contribution >= 4 is 25.3 Å². The van der Waals surface area contributed by atoms with E-state index < -0.39 is 56.5 Å². The van der Waals surface area contributed by atoms with Crippen molar-refractivity contribution < 1.29 is 43.0 Å². The summed E-state index contributed by atoms with van der Waals surface area (Å²) in [6.07, 6.45) is 12.3. The number of aromatic nitrogens is 2. The molecule has 1 aliphatic rings. The molecule has 45 heavy (non-hydrogen) atoms. The van der Waals surface area contributed by atoms with E-state index in [1.807, 2.05) is 0 Å². The number of aliphatic hydroxyl groups excluding tert-OH is 2. The van der Waals surface area contributed by atoms with E-state index in [1.54, 1.807) is 12.1 Å². The van der Waals surface area contributed by atoms with Gasteiger partial charge in [-0.3, -0.25) is 18.4 Å². The maximum absolute atomic E-state index is 13.6. The molecule has 1 aromatic carbocycles. The third kappa shape index (κ3) is 12.2. The Morgan fingerprint density at radius 2 is 1.49 bits per heavy atom. The van der Waals surface area contributed by atoms with Crippen LogP contribution < -0.4 is 10.3 Å². The van der Waals surface area contributed by atoms with Gasteiger partial charge in [-0.25, -0.2) is 9.55 Å². The van der Waals surface area contributed by atoms with Crippen LogP contribution in [0, 0.1) is 0 Å². The summed E-state index contributed by atoms with van der Waals surface area (Å²) in [6.45, 7) is 1.89. The number of hydrogen-bond acceptors (Lipinski definition) is 10. The van der Waals surface area contributed by atoms with Crippen molar-refractivity contribution in [3.63, 3.8) is 0 Å². The minimum Gasteiger partial charge on any atom is -0.493 e. The quantitative estimate of drug-likeness (QED) is 0.0737. The van der Waals surface area contributed by atoms with Crippen LogP contribution in [0.5, 0.6) is 11.6 Å². The van der Waals surface area contributed by atoms with Gasteiger partial charge in [0.2, 0.25) is 5.88 Å². The van der Waals surface area contributed by atoms with Gasteiger partial charge in [-0.1, -0.05) is 102 Å². The van der Waals surface area contributed by atoms with E-state index in [2.05, 4.69) is 11.9 Å². The first-order valence-electron chi connectivity index (χ1n) is 16.1. The first-order chi connectivity index (χ1) is 21.6. The number of nitrogens with zero attached hydrogens (tertiary/aromatic N) is 2. The molecule has 1 amide bonds. The number of ether oxygens (including phenoxy) is 1. The van der Waals surface area contributed by atoms with E-state index in [4.69, 9.17) is 35.6 Å². The van der Waals surface area contributed by atoms with Crippen molar-refractivity contribution in [3.05, 3.63) is 41.3 Å². The molecule has 1 fully saturated rings. The summed E-state index contributed by atoms with van der Waals surface area (Å²) < 4.78 is 37.1. The van der Waals surface area contributed by atoms with E-state index in [9.17, 15) is 24.7 Å². The Balaban J connectivity index is 1.44. The number of phosphoric acid groups is 1. The zero-order chi connectivity index (χ0) is 32.7. The maximum atomic E-state index is 13.6. The zero-order valence-corrected chi connectivity index (χ0v) is 27.7. The van der Waals surface area contributed by atoms with Crippen molar-refractivity contribution in [2.45, 2.75) is 121 Å². The molecule has 5 N–H and O–H groups in total. The highest BCUT2D eigenvalue weighted by Crippen LogP contribution is 2.50. The summed E-state index contributed by atoms with van der Waals surface area (Å²) in [4.78, 5) is 15.2. The lowest BCUT2D eigenvalue weighted by molar-refractivity contribution is -0.0552. The van der Waals surface area contributed by atoms with E-state index in [-0.39, 0.29) is 12.4 Å². The number of imidazole rings is 1. The molecule has 1 aromatic heterocycles. The van der Waals surface area contributed by atoms with Crippen molar-refractivity contribution in [1.82, 2.24) is 9.55 Å². The van der Waals surface area contributed by atoms with Crippen LogP contribution in [-0.2, 0) is 18.3 Å². The fourth-order valence-electron chi connectivity index (χ4n) is 5.16. The fraction of sp³-hybridized carbons (Fsp3) is 0.677. The van der Waals surface area contributed by atoms with Crippen LogP contribution in [0.3, 0.4) is 0 Å². The topological polar surface area (TPSA) is 176 Å². The molecule has 1 unspecified atom stereocenters. The highest BCUT2D eigenvalue weighted by atomic mass is 35.5. The molecule has 0 bridgehead atoms. The molecule has 2 aromatic rings. The van der Waals surface area contributed by atoms with E-state index in [1.165, 1.54) is 76.3 Å². The third-order valence-electron chi connectivity index (χ3n) is 7.79. The number of phosphoric ester groups is 1. The van der Waals surface area contributed by atoms with Gasteiger partial charge in [0, 0.05) is 5.02 Å². The predicted molar refractivity (Wildman–Crippen MR) is 170 cm³/mol. The third-order valence-corrected chi connectivity index (χ3v) is 9.44. The average Bonchev–Trinajstić information content (AvgIpc) is 3.53. The molecular formula is C31H49ClN3O9P. The molecular weight excluding hydrogens is 625 g/mol. The van der Waals surface area contributed by atoms with Gasteiger partial charge in [0.05, 0.1) is 13.2 Å². The van der Waals surface area contributed by atoms with Gasteiger partial charge in [0.25, 0.3) is 5.91 Å². The van der Waals surface area contributed by atoms with E-state index in [0.29, 0.717) is 11.4 Å².